The van der Waals surface area contributed by atoms with Crippen LogP contribution in [0.1, 0.15) is 12.5 Å². The fourth-order valence-corrected chi connectivity index (χ4v) is 4.92. The van der Waals surface area contributed by atoms with Crippen LogP contribution in [0.2, 0.25) is 0 Å². The molecule has 25 heavy (non-hydrogen) atoms. The van der Waals surface area contributed by atoms with Crippen molar-refractivity contribution in [1.29, 1.82) is 0 Å². The van der Waals surface area contributed by atoms with Gasteiger partial charge in [-0.1, -0.05) is 17.8 Å². The van der Waals surface area contributed by atoms with Crippen LogP contribution in [0.25, 0.3) is 11.1 Å². The van der Waals surface area contributed by atoms with Crippen LogP contribution in [-0.2, 0) is 9.48 Å². The fourth-order valence-electron chi connectivity index (χ4n) is 3.60. The summed E-state index contributed by atoms with van der Waals surface area (Å²) in [6, 6.07) is 6.18. The number of halogens is 2. The summed E-state index contributed by atoms with van der Waals surface area (Å²) in [6.07, 6.45) is 2.67. The van der Waals surface area contributed by atoms with Gasteiger partial charge in [0.2, 0.25) is 0 Å². The predicted octanol–water partition coefficient (Wildman–Crippen LogP) is 3.32. The average Bonchev–Trinajstić information content (AvgIpc) is 2.92. The second-order valence-electron chi connectivity index (χ2n) is 6.38. The van der Waals surface area contributed by atoms with E-state index < -0.39 is 10.6 Å². The monoisotopic (exact) mass is 361 g/mol. The zero-order chi connectivity index (χ0) is 17.6. The highest BCUT2D eigenvalue weighted by molar-refractivity contribution is 8.14. The zero-order valence-corrected chi connectivity index (χ0v) is 14.4. The Bertz CT molecular complexity index is 860. The van der Waals surface area contributed by atoms with Crippen LogP contribution < -0.4 is 5.73 Å². The first-order valence-electron chi connectivity index (χ1n) is 8.01. The number of nitrogens with two attached hydrogens (primary N) is 1. The topological polar surface area (TPSA) is 60.5 Å². The number of amidine groups is 1. The number of aromatic nitrogens is 1. The molecule has 0 bridgehead atoms. The normalized spacial score (nSPS) is 28.5. The maximum atomic E-state index is 14.8. The third-order valence-corrected chi connectivity index (χ3v) is 6.26. The van der Waals surface area contributed by atoms with Gasteiger partial charge in [0.25, 0.3) is 0 Å². The third kappa shape index (κ3) is 2.71. The number of thioether (sulfide) groups is 1. The third-order valence-electron chi connectivity index (χ3n) is 4.92. The van der Waals surface area contributed by atoms with Gasteiger partial charge in [-0.25, -0.2) is 8.78 Å². The van der Waals surface area contributed by atoms with Gasteiger partial charge in [-0.3, -0.25) is 9.98 Å². The Morgan fingerprint density at radius 2 is 2.08 bits per heavy atom. The van der Waals surface area contributed by atoms with Crippen molar-refractivity contribution in [3.63, 3.8) is 0 Å². The van der Waals surface area contributed by atoms with Crippen molar-refractivity contribution in [3.05, 3.63) is 53.9 Å². The van der Waals surface area contributed by atoms with Crippen LogP contribution in [0.3, 0.4) is 0 Å². The number of benzene rings is 1. The molecular weight excluding hydrogens is 344 g/mol. The maximum Gasteiger partial charge on any atom is 0.154 e. The van der Waals surface area contributed by atoms with Crippen molar-refractivity contribution in [2.24, 2.45) is 16.6 Å². The Morgan fingerprint density at radius 3 is 2.88 bits per heavy atom. The van der Waals surface area contributed by atoms with Gasteiger partial charge in [0, 0.05) is 29.8 Å². The average molecular weight is 361 g/mol. The molecule has 2 aliphatic rings. The lowest BCUT2D eigenvalue weighted by molar-refractivity contribution is 0.107. The van der Waals surface area contributed by atoms with Crippen molar-refractivity contribution in [1.82, 2.24) is 4.98 Å². The quantitative estimate of drug-likeness (QED) is 0.891. The Balaban J connectivity index is 1.84. The predicted molar refractivity (Wildman–Crippen MR) is 94.3 cm³/mol. The molecule has 0 aliphatic carbocycles. The summed E-state index contributed by atoms with van der Waals surface area (Å²) >= 11 is 1.36. The number of hydrogen-bond donors (Lipinski definition) is 1. The van der Waals surface area contributed by atoms with E-state index in [-0.39, 0.29) is 17.8 Å². The summed E-state index contributed by atoms with van der Waals surface area (Å²) in [4.78, 5) is 8.19. The Morgan fingerprint density at radius 1 is 1.24 bits per heavy atom. The highest BCUT2D eigenvalue weighted by atomic mass is 32.2. The summed E-state index contributed by atoms with van der Waals surface area (Å²) in [5.74, 6) is -0.723. The molecule has 1 aromatic heterocycles. The van der Waals surface area contributed by atoms with Crippen LogP contribution in [0.4, 0.5) is 8.78 Å². The lowest BCUT2D eigenvalue weighted by Gasteiger charge is -2.37. The van der Waals surface area contributed by atoms with E-state index in [1.54, 1.807) is 18.3 Å². The fraction of sp³-hybridized carbons (Fsp3) is 0.333. The van der Waals surface area contributed by atoms with Gasteiger partial charge in [-0.05, 0) is 30.7 Å². The van der Waals surface area contributed by atoms with Gasteiger partial charge in [-0.2, -0.15) is 0 Å². The van der Waals surface area contributed by atoms with Crippen LogP contribution in [0.15, 0.2) is 41.7 Å². The minimum atomic E-state index is -0.619. The minimum Gasteiger partial charge on any atom is -0.379 e. The van der Waals surface area contributed by atoms with Crippen molar-refractivity contribution < 1.29 is 13.5 Å². The van der Waals surface area contributed by atoms with Gasteiger partial charge >= 0.3 is 0 Å². The smallest absolute Gasteiger partial charge is 0.154 e. The summed E-state index contributed by atoms with van der Waals surface area (Å²) in [7, 11) is 0. The molecule has 1 aromatic carbocycles. The molecule has 2 aromatic rings. The minimum absolute atomic E-state index is 0.0279. The molecule has 0 radical (unpaired) electrons. The highest BCUT2D eigenvalue weighted by Crippen LogP contribution is 2.53. The molecule has 130 valence electrons. The van der Waals surface area contributed by atoms with Gasteiger partial charge in [0.15, 0.2) is 5.17 Å². The lowest BCUT2D eigenvalue weighted by atomic mass is 9.83. The first-order valence-corrected chi connectivity index (χ1v) is 8.83. The van der Waals surface area contributed by atoms with Gasteiger partial charge < -0.3 is 10.5 Å². The lowest BCUT2D eigenvalue weighted by Crippen LogP contribution is -2.41. The number of fused-ring (bicyclic) bond motifs is 1. The first-order chi connectivity index (χ1) is 12.0. The summed E-state index contributed by atoms with van der Waals surface area (Å²) in [5.41, 5.74) is 7.78. The second-order valence-corrected chi connectivity index (χ2v) is 7.73. The Hall–Kier alpha value is -1.99. The van der Waals surface area contributed by atoms with E-state index in [0.29, 0.717) is 35.0 Å². The molecule has 7 heteroatoms. The Labute approximate surface area is 148 Å². The van der Waals surface area contributed by atoms with E-state index in [4.69, 9.17) is 10.5 Å². The number of ether oxygens (including phenoxy) is 1. The largest absolute Gasteiger partial charge is 0.379 e. The van der Waals surface area contributed by atoms with E-state index in [2.05, 4.69) is 9.98 Å². The van der Waals surface area contributed by atoms with E-state index in [1.807, 2.05) is 6.92 Å². The molecule has 0 spiro atoms. The standard InChI is InChI=1S/C18H17F2N3OS/c1-10-15-8-23-17(21)25-18(15,9-24-10)14-5-11(2-3-16(14)20)12-4-13(19)7-22-6-12/h2-7,10,15H,8-9H2,1H3,(H2,21,23)/t10-,15+,18-/m1/s1. The van der Waals surface area contributed by atoms with Gasteiger partial charge in [0.1, 0.15) is 11.6 Å². The van der Waals surface area contributed by atoms with Crippen LogP contribution >= 0.6 is 11.8 Å². The van der Waals surface area contributed by atoms with E-state index >= 15 is 0 Å². The summed E-state index contributed by atoms with van der Waals surface area (Å²) < 4.78 is 33.5. The summed E-state index contributed by atoms with van der Waals surface area (Å²) in [6.45, 7) is 2.84. The second kappa shape index (κ2) is 6.07. The van der Waals surface area contributed by atoms with Crippen molar-refractivity contribution in [2.45, 2.75) is 17.8 Å². The highest BCUT2D eigenvalue weighted by Gasteiger charge is 2.53. The summed E-state index contributed by atoms with van der Waals surface area (Å²) in [5, 5.41) is 0.436. The molecule has 0 amide bonds. The number of rotatable bonds is 2. The maximum absolute atomic E-state index is 14.8. The number of nitrogens with zero attached hydrogens (tertiary/aromatic N) is 2. The van der Waals surface area contributed by atoms with E-state index in [9.17, 15) is 8.78 Å². The van der Waals surface area contributed by atoms with Gasteiger partial charge in [-0.15, -0.1) is 0 Å². The molecule has 0 saturated carbocycles. The number of hydrogen-bond acceptors (Lipinski definition) is 5. The van der Waals surface area contributed by atoms with Crippen molar-refractivity contribution in [3.8, 4) is 11.1 Å². The van der Waals surface area contributed by atoms with Crippen LogP contribution in [-0.4, -0.2) is 29.4 Å². The van der Waals surface area contributed by atoms with Crippen LogP contribution in [0.5, 0.6) is 0 Å². The number of pyridine rings is 1. The van der Waals surface area contributed by atoms with Gasteiger partial charge in [0.05, 0.1) is 23.7 Å². The molecule has 1 fully saturated rings. The van der Waals surface area contributed by atoms with Crippen molar-refractivity contribution in [2.75, 3.05) is 13.2 Å². The molecule has 3 heterocycles. The molecular formula is C18H17F2N3OS. The molecule has 4 rings (SSSR count). The SMILES string of the molecule is C[C@H]1OC[C@]2(c3cc(-c4cncc(F)c4)ccc3F)SC(N)=NC[C@@H]12. The Kier molecular flexibility index (Phi) is 4.00. The van der Waals surface area contributed by atoms with E-state index in [0.717, 1.165) is 6.20 Å². The molecule has 4 nitrogen and oxygen atoms in total. The first kappa shape index (κ1) is 16.5. The van der Waals surface area contributed by atoms with Crippen molar-refractivity contribution >= 4 is 16.9 Å². The molecule has 3 atom stereocenters. The molecule has 1 saturated heterocycles. The van der Waals surface area contributed by atoms with Crippen LogP contribution in [0, 0.1) is 17.6 Å². The zero-order valence-electron chi connectivity index (χ0n) is 13.6. The van der Waals surface area contributed by atoms with E-state index in [1.165, 1.54) is 23.9 Å². The molecule has 2 N–H and O–H groups in total. The molecule has 2 aliphatic heterocycles. The number of aliphatic imine (C=N–C) groups is 1. The molecule has 0 unspecified atom stereocenters.